The highest BCUT2D eigenvalue weighted by molar-refractivity contribution is 5.74. The molecule has 0 bridgehead atoms. The SMILES string of the molecule is CC/C=C\C/C=C\C/C=C\CCCCCC(=O)OCC(COC1OC(C(=O)O)C(O)C(O)C1OC(=O)CCCCCCCCCCCCC)OC(=O)CCCCCCCCCCCCC. The number of allylic oxidation sites excluding steroid dienone is 6. The quantitative estimate of drug-likeness (QED) is 0.0229. The minimum Gasteiger partial charge on any atom is -0.479 e. The van der Waals surface area contributed by atoms with Gasteiger partial charge in [0.05, 0.1) is 6.61 Å². The Bertz CT molecular complexity index is 1280. The number of esters is 3. The van der Waals surface area contributed by atoms with Crippen molar-refractivity contribution in [1.82, 2.24) is 0 Å². The second kappa shape index (κ2) is 42.3. The Labute approximate surface area is 393 Å². The summed E-state index contributed by atoms with van der Waals surface area (Å²) in [6, 6.07) is 0. The molecule has 0 spiro atoms. The van der Waals surface area contributed by atoms with E-state index in [1.54, 1.807) is 0 Å². The Kier molecular flexibility index (Phi) is 39.0. The molecule has 65 heavy (non-hydrogen) atoms. The summed E-state index contributed by atoms with van der Waals surface area (Å²) < 4.78 is 28.2. The lowest BCUT2D eigenvalue weighted by Crippen LogP contribution is -2.61. The van der Waals surface area contributed by atoms with Crippen LogP contribution < -0.4 is 0 Å². The molecule has 1 aliphatic rings. The largest absolute Gasteiger partial charge is 0.479 e. The first kappa shape index (κ1) is 60.0. The molecule has 0 aromatic rings. The van der Waals surface area contributed by atoms with Crippen LogP contribution in [-0.4, -0.2) is 89.2 Å². The predicted octanol–water partition coefficient (Wildman–Crippen LogP) is 12.1. The summed E-state index contributed by atoms with van der Waals surface area (Å²) in [6.45, 7) is 5.81. The Morgan fingerprint density at radius 1 is 0.523 bits per heavy atom. The summed E-state index contributed by atoms with van der Waals surface area (Å²) in [7, 11) is 0. The number of carbonyl (C=O) groups is 4. The second-order valence-electron chi connectivity index (χ2n) is 17.8. The maximum absolute atomic E-state index is 13.0. The van der Waals surface area contributed by atoms with Gasteiger partial charge in [-0.3, -0.25) is 14.4 Å². The van der Waals surface area contributed by atoms with Crippen molar-refractivity contribution in [2.24, 2.45) is 0 Å². The van der Waals surface area contributed by atoms with Crippen molar-refractivity contribution in [2.75, 3.05) is 13.2 Å². The molecule has 1 heterocycles. The molecular weight excluding hydrogens is 829 g/mol. The number of aliphatic carboxylic acids is 1. The molecule has 6 atom stereocenters. The van der Waals surface area contributed by atoms with E-state index in [-0.39, 0.29) is 25.9 Å². The van der Waals surface area contributed by atoms with E-state index in [1.807, 2.05) is 0 Å². The fourth-order valence-electron chi connectivity index (χ4n) is 7.73. The van der Waals surface area contributed by atoms with Gasteiger partial charge in [-0.05, 0) is 51.4 Å². The van der Waals surface area contributed by atoms with Crippen molar-refractivity contribution in [3.8, 4) is 0 Å². The monoisotopic (exact) mass is 921 g/mol. The third kappa shape index (κ3) is 33.1. The lowest BCUT2D eigenvalue weighted by Gasteiger charge is -2.40. The Hall–Kier alpha value is -3.06. The van der Waals surface area contributed by atoms with Gasteiger partial charge in [0, 0.05) is 19.3 Å². The average molecular weight is 921 g/mol. The van der Waals surface area contributed by atoms with Crippen LogP contribution in [-0.2, 0) is 42.9 Å². The van der Waals surface area contributed by atoms with Crippen LogP contribution in [0.1, 0.15) is 226 Å². The number of carbonyl (C=O) groups excluding carboxylic acids is 3. The highest BCUT2D eigenvalue weighted by Crippen LogP contribution is 2.26. The molecule has 1 saturated heterocycles. The number of hydrogen-bond acceptors (Lipinski definition) is 11. The fourth-order valence-corrected chi connectivity index (χ4v) is 7.73. The van der Waals surface area contributed by atoms with Crippen LogP contribution in [0.4, 0.5) is 0 Å². The minimum atomic E-state index is -1.90. The van der Waals surface area contributed by atoms with Gasteiger partial charge in [-0.2, -0.15) is 0 Å². The lowest BCUT2D eigenvalue weighted by atomic mass is 9.98. The van der Waals surface area contributed by atoms with Crippen LogP contribution in [0.15, 0.2) is 36.5 Å². The summed E-state index contributed by atoms with van der Waals surface area (Å²) in [6.07, 6.45) is 34.3. The van der Waals surface area contributed by atoms with Gasteiger partial charge < -0.3 is 39.0 Å². The highest BCUT2D eigenvalue weighted by Gasteiger charge is 2.50. The summed E-state index contributed by atoms with van der Waals surface area (Å²) in [5.41, 5.74) is 0. The van der Waals surface area contributed by atoms with E-state index < -0.39 is 67.3 Å². The fraction of sp³-hybridized carbons (Fsp3) is 0.811. The van der Waals surface area contributed by atoms with Crippen LogP contribution in [0.5, 0.6) is 0 Å². The van der Waals surface area contributed by atoms with E-state index in [2.05, 4.69) is 57.2 Å². The molecule has 0 radical (unpaired) electrons. The van der Waals surface area contributed by atoms with E-state index >= 15 is 0 Å². The van der Waals surface area contributed by atoms with Crippen LogP contribution in [0.2, 0.25) is 0 Å². The molecule has 0 aliphatic carbocycles. The third-order valence-corrected chi connectivity index (χ3v) is 11.7. The van der Waals surface area contributed by atoms with Gasteiger partial charge in [0.1, 0.15) is 18.8 Å². The number of carboxylic acid groups (broad SMARTS) is 1. The van der Waals surface area contributed by atoms with Crippen molar-refractivity contribution in [3.63, 3.8) is 0 Å². The van der Waals surface area contributed by atoms with Gasteiger partial charge in [-0.1, -0.05) is 192 Å². The number of ether oxygens (including phenoxy) is 5. The average Bonchev–Trinajstić information content (AvgIpc) is 3.29. The summed E-state index contributed by atoms with van der Waals surface area (Å²) in [5.74, 6) is -3.15. The molecule has 12 nitrogen and oxygen atoms in total. The van der Waals surface area contributed by atoms with Gasteiger partial charge in [0.15, 0.2) is 24.6 Å². The van der Waals surface area contributed by atoms with Gasteiger partial charge in [0.25, 0.3) is 0 Å². The zero-order valence-corrected chi connectivity index (χ0v) is 41.0. The molecule has 0 aromatic heterocycles. The Morgan fingerprint density at radius 3 is 1.48 bits per heavy atom. The molecule has 12 heteroatoms. The van der Waals surface area contributed by atoms with Crippen LogP contribution >= 0.6 is 0 Å². The number of carboxylic acids is 1. The van der Waals surface area contributed by atoms with Crippen molar-refractivity contribution < 1.29 is 58.2 Å². The first-order valence-corrected chi connectivity index (χ1v) is 26.0. The molecular formula is C53H92O12. The van der Waals surface area contributed by atoms with E-state index in [0.29, 0.717) is 19.3 Å². The number of unbranched alkanes of at least 4 members (excludes halogenated alkanes) is 23. The van der Waals surface area contributed by atoms with Crippen LogP contribution in [0, 0.1) is 0 Å². The van der Waals surface area contributed by atoms with Crippen molar-refractivity contribution in [2.45, 2.75) is 263 Å². The van der Waals surface area contributed by atoms with Crippen molar-refractivity contribution >= 4 is 23.9 Å². The Morgan fingerprint density at radius 2 is 0.969 bits per heavy atom. The maximum atomic E-state index is 13.0. The molecule has 0 aromatic carbocycles. The van der Waals surface area contributed by atoms with Crippen molar-refractivity contribution in [3.05, 3.63) is 36.5 Å². The van der Waals surface area contributed by atoms with Crippen molar-refractivity contribution in [1.29, 1.82) is 0 Å². The molecule has 6 unspecified atom stereocenters. The zero-order chi connectivity index (χ0) is 47.6. The molecule has 0 saturated carbocycles. The number of rotatable bonds is 43. The highest BCUT2D eigenvalue weighted by atomic mass is 16.7. The number of hydrogen-bond donors (Lipinski definition) is 3. The summed E-state index contributed by atoms with van der Waals surface area (Å²) in [5, 5.41) is 31.3. The lowest BCUT2D eigenvalue weighted by molar-refractivity contribution is -0.301. The maximum Gasteiger partial charge on any atom is 0.335 e. The van der Waals surface area contributed by atoms with E-state index in [0.717, 1.165) is 83.5 Å². The molecule has 0 amide bonds. The normalized spacial score (nSPS) is 19.3. The summed E-state index contributed by atoms with van der Waals surface area (Å²) in [4.78, 5) is 50.7. The van der Waals surface area contributed by atoms with Gasteiger partial charge in [0.2, 0.25) is 0 Å². The predicted molar refractivity (Wildman–Crippen MR) is 257 cm³/mol. The summed E-state index contributed by atoms with van der Waals surface area (Å²) >= 11 is 0. The van der Waals surface area contributed by atoms with E-state index in [4.69, 9.17) is 23.7 Å². The smallest absolute Gasteiger partial charge is 0.335 e. The second-order valence-corrected chi connectivity index (χ2v) is 17.8. The standard InChI is InChI=1S/C53H92O12/c1-4-7-10-13-16-19-22-23-26-27-30-33-36-39-45(54)61-42-44(63-46(55)40-37-34-31-28-24-20-17-14-11-8-5-2)43-62-53-51(49(58)48(57)50(65-53)52(59)60)64-47(56)41-38-35-32-29-25-21-18-15-12-9-6-3/h7,10,16,19,23,26,44,48-51,53,57-58H,4-6,8-9,11-15,17-18,20-22,24-25,27-43H2,1-3H3,(H,59,60)/b10-7-,19-16-,26-23-. The van der Waals surface area contributed by atoms with Crippen LogP contribution in [0.25, 0.3) is 0 Å². The van der Waals surface area contributed by atoms with Gasteiger partial charge >= 0.3 is 23.9 Å². The first-order valence-electron chi connectivity index (χ1n) is 26.0. The number of aliphatic hydroxyl groups is 2. The van der Waals surface area contributed by atoms with Crippen LogP contribution in [0.3, 0.4) is 0 Å². The Balaban J connectivity index is 2.75. The van der Waals surface area contributed by atoms with E-state index in [1.165, 1.54) is 83.5 Å². The van der Waals surface area contributed by atoms with Gasteiger partial charge in [-0.15, -0.1) is 0 Å². The molecule has 376 valence electrons. The number of aliphatic hydroxyl groups excluding tert-OH is 2. The third-order valence-electron chi connectivity index (χ3n) is 11.7. The molecule has 1 rings (SSSR count). The van der Waals surface area contributed by atoms with Gasteiger partial charge in [-0.25, -0.2) is 4.79 Å². The van der Waals surface area contributed by atoms with E-state index in [9.17, 15) is 34.5 Å². The molecule has 1 fully saturated rings. The topological polar surface area (TPSA) is 175 Å². The molecule has 3 N–H and O–H groups in total. The first-order chi connectivity index (χ1) is 31.6. The minimum absolute atomic E-state index is 0.0619. The molecule has 1 aliphatic heterocycles. The zero-order valence-electron chi connectivity index (χ0n) is 41.0.